The SMILES string of the molecule is CCOC(=O)[C@H]1Nc2ccc(Br)cc2[C@@H]2C=CC[C@H]12. The van der Waals surface area contributed by atoms with Gasteiger partial charge in [-0.3, -0.25) is 0 Å². The normalized spacial score (nSPS) is 27.4. The van der Waals surface area contributed by atoms with Crippen molar-refractivity contribution in [2.45, 2.75) is 25.3 Å². The van der Waals surface area contributed by atoms with Gasteiger partial charge in [0, 0.05) is 22.0 Å². The molecule has 0 aromatic heterocycles. The van der Waals surface area contributed by atoms with Crippen LogP contribution in [-0.2, 0) is 9.53 Å². The number of anilines is 1. The summed E-state index contributed by atoms with van der Waals surface area (Å²) in [7, 11) is 0. The van der Waals surface area contributed by atoms with Gasteiger partial charge in [0.15, 0.2) is 0 Å². The van der Waals surface area contributed by atoms with Gasteiger partial charge in [0.1, 0.15) is 6.04 Å². The van der Waals surface area contributed by atoms with Gasteiger partial charge in [0.05, 0.1) is 6.61 Å². The van der Waals surface area contributed by atoms with E-state index >= 15 is 0 Å². The number of esters is 1. The average Bonchev–Trinajstić information content (AvgIpc) is 2.87. The molecule has 0 bridgehead atoms. The number of halogens is 1. The van der Waals surface area contributed by atoms with Crippen molar-refractivity contribution in [3.8, 4) is 0 Å². The Hall–Kier alpha value is -1.29. The zero-order valence-corrected chi connectivity index (χ0v) is 12.3. The molecule has 3 atom stereocenters. The maximum atomic E-state index is 12.1. The van der Waals surface area contributed by atoms with Crippen molar-refractivity contribution in [3.05, 3.63) is 40.4 Å². The number of ether oxygens (including phenoxy) is 1. The lowest BCUT2D eigenvalue weighted by atomic mass is 9.79. The predicted molar refractivity (Wildman–Crippen MR) is 78.2 cm³/mol. The highest BCUT2D eigenvalue weighted by Gasteiger charge is 2.41. The van der Waals surface area contributed by atoms with E-state index in [2.05, 4.69) is 39.5 Å². The van der Waals surface area contributed by atoms with Gasteiger partial charge < -0.3 is 10.1 Å². The van der Waals surface area contributed by atoms with Gasteiger partial charge in [-0.25, -0.2) is 4.79 Å². The summed E-state index contributed by atoms with van der Waals surface area (Å²) in [5.74, 6) is 0.429. The summed E-state index contributed by atoms with van der Waals surface area (Å²) in [6.07, 6.45) is 5.30. The Morgan fingerprint density at radius 2 is 2.37 bits per heavy atom. The molecule has 0 radical (unpaired) electrons. The fourth-order valence-electron chi connectivity index (χ4n) is 3.03. The molecule has 100 valence electrons. The van der Waals surface area contributed by atoms with E-state index in [1.165, 1.54) is 5.56 Å². The van der Waals surface area contributed by atoms with Crippen LogP contribution in [-0.4, -0.2) is 18.6 Å². The summed E-state index contributed by atoms with van der Waals surface area (Å²) in [5, 5.41) is 3.34. The third kappa shape index (κ3) is 2.18. The van der Waals surface area contributed by atoms with E-state index in [1.807, 2.05) is 19.1 Å². The molecule has 0 amide bonds. The quantitative estimate of drug-likeness (QED) is 0.669. The molecule has 1 N–H and O–H groups in total. The standard InChI is InChI=1S/C15H16BrNO2/c1-2-19-15(18)14-11-5-3-4-10(11)12-8-9(16)6-7-13(12)17-14/h3-4,6-8,10-11,14,17H,2,5H2,1H3/t10-,11+,14+/m1/s1. The van der Waals surface area contributed by atoms with Crippen molar-refractivity contribution in [2.75, 3.05) is 11.9 Å². The van der Waals surface area contributed by atoms with Crippen LogP contribution in [0.5, 0.6) is 0 Å². The Kier molecular flexibility index (Phi) is 3.35. The smallest absolute Gasteiger partial charge is 0.328 e. The molecule has 1 aliphatic heterocycles. The summed E-state index contributed by atoms with van der Waals surface area (Å²) in [5.41, 5.74) is 2.29. The molecule has 0 saturated heterocycles. The highest BCUT2D eigenvalue weighted by atomic mass is 79.9. The minimum Gasteiger partial charge on any atom is -0.464 e. The van der Waals surface area contributed by atoms with E-state index in [-0.39, 0.29) is 17.9 Å². The van der Waals surface area contributed by atoms with Gasteiger partial charge in [-0.2, -0.15) is 0 Å². The molecule has 0 unspecified atom stereocenters. The Morgan fingerprint density at radius 1 is 1.53 bits per heavy atom. The summed E-state index contributed by atoms with van der Waals surface area (Å²) in [6, 6.07) is 5.91. The summed E-state index contributed by atoms with van der Waals surface area (Å²) in [6.45, 7) is 2.27. The molecule has 1 heterocycles. The third-order valence-electron chi connectivity index (χ3n) is 3.87. The fourth-order valence-corrected chi connectivity index (χ4v) is 3.41. The first-order valence-corrected chi connectivity index (χ1v) is 7.39. The number of benzene rings is 1. The van der Waals surface area contributed by atoms with Crippen molar-refractivity contribution < 1.29 is 9.53 Å². The molecule has 1 aromatic carbocycles. The average molecular weight is 322 g/mol. The van der Waals surface area contributed by atoms with E-state index in [4.69, 9.17) is 4.74 Å². The molecule has 0 spiro atoms. The Balaban J connectivity index is 1.97. The number of nitrogens with one attached hydrogen (secondary N) is 1. The number of carbonyl (C=O) groups excluding carboxylic acids is 1. The van der Waals surface area contributed by atoms with Crippen LogP contribution in [0.15, 0.2) is 34.8 Å². The van der Waals surface area contributed by atoms with Gasteiger partial charge >= 0.3 is 5.97 Å². The van der Waals surface area contributed by atoms with E-state index in [9.17, 15) is 4.79 Å². The minimum atomic E-state index is -0.242. The second-order valence-corrected chi connectivity index (χ2v) is 5.87. The Labute approximate surface area is 121 Å². The van der Waals surface area contributed by atoms with Crippen LogP contribution in [0.2, 0.25) is 0 Å². The van der Waals surface area contributed by atoms with Gasteiger partial charge in [-0.15, -0.1) is 0 Å². The fraction of sp³-hybridized carbons (Fsp3) is 0.400. The molecule has 4 heteroatoms. The van der Waals surface area contributed by atoms with Gasteiger partial charge in [0.2, 0.25) is 0 Å². The molecular formula is C15H16BrNO2. The van der Waals surface area contributed by atoms with E-state index in [0.717, 1.165) is 16.6 Å². The molecule has 2 aliphatic rings. The maximum Gasteiger partial charge on any atom is 0.328 e. The lowest BCUT2D eigenvalue weighted by molar-refractivity contribution is -0.145. The molecule has 3 nitrogen and oxygen atoms in total. The summed E-state index contributed by atoms with van der Waals surface area (Å²) in [4.78, 5) is 12.1. The number of rotatable bonds is 2. The highest BCUT2D eigenvalue weighted by Crippen LogP contribution is 2.45. The van der Waals surface area contributed by atoms with Crippen LogP contribution < -0.4 is 5.32 Å². The summed E-state index contributed by atoms with van der Waals surface area (Å²) >= 11 is 3.51. The first kappa shape index (κ1) is 12.7. The lowest BCUT2D eigenvalue weighted by Gasteiger charge is -2.35. The van der Waals surface area contributed by atoms with Crippen LogP contribution in [0.4, 0.5) is 5.69 Å². The topological polar surface area (TPSA) is 38.3 Å². The van der Waals surface area contributed by atoms with Crippen molar-refractivity contribution in [3.63, 3.8) is 0 Å². The van der Waals surface area contributed by atoms with Gasteiger partial charge in [-0.05, 0) is 37.1 Å². The molecule has 1 aliphatic carbocycles. The van der Waals surface area contributed by atoms with E-state index in [1.54, 1.807) is 0 Å². The predicted octanol–water partition coefficient (Wildman–Crippen LogP) is 3.47. The molecule has 1 aromatic rings. The van der Waals surface area contributed by atoms with Crippen molar-refractivity contribution >= 4 is 27.6 Å². The molecule has 0 fully saturated rings. The van der Waals surface area contributed by atoms with Crippen LogP contribution >= 0.6 is 15.9 Å². The van der Waals surface area contributed by atoms with Crippen LogP contribution in [0, 0.1) is 5.92 Å². The van der Waals surface area contributed by atoms with Crippen LogP contribution in [0.3, 0.4) is 0 Å². The van der Waals surface area contributed by atoms with E-state index in [0.29, 0.717) is 12.5 Å². The van der Waals surface area contributed by atoms with E-state index < -0.39 is 0 Å². The number of hydrogen-bond acceptors (Lipinski definition) is 3. The van der Waals surface area contributed by atoms with Crippen molar-refractivity contribution in [1.82, 2.24) is 0 Å². The molecule has 0 saturated carbocycles. The lowest BCUT2D eigenvalue weighted by Crippen LogP contribution is -2.42. The second-order valence-electron chi connectivity index (χ2n) is 4.96. The number of allylic oxidation sites excluding steroid dienone is 2. The zero-order valence-electron chi connectivity index (χ0n) is 10.7. The second kappa shape index (κ2) is 5.00. The van der Waals surface area contributed by atoms with Gasteiger partial charge in [0.25, 0.3) is 0 Å². The number of carbonyl (C=O) groups is 1. The first-order valence-electron chi connectivity index (χ1n) is 6.60. The monoisotopic (exact) mass is 321 g/mol. The maximum absolute atomic E-state index is 12.1. The molecule has 19 heavy (non-hydrogen) atoms. The number of fused-ring (bicyclic) bond motifs is 3. The van der Waals surface area contributed by atoms with Gasteiger partial charge in [-0.1, -0.05) is 28.1 Å². The Bertz CT molecular complexity index is 541. The largest absolute Gasteiger partial charge is 0.464 e. The minimum absolute atomic E-state index is 0.144. The number of hydrogen-bond donors (Lipinski definition) is 1. The zero-order chi connectivity index (χ0) is 13.4. The van der Waals surface area contributed by atoms with Crippen molar-refractivity contribution in [1.29, 1.82) is 0 Å². The van der Waals surface area contributed by atoms with Crippen LogP contribution in [0.25, 0.3) is 0 Å². The molecular weight excluding hydrogens is 306 g/mol. The first-order chi connectivity index (χ1) is 9.20. The Morgan fingerprint density at radius 3 is 3.16 bits per heavy atom. The van der Waals surface area contributed by atoms with Crippen LogP contribution in [0.1, 0.15) is 24.8 Å². The third-order valence-corrected chi connectivity index (χ3v) is 4.36. The van der Waals surface area contributed by atoms with Crippen molar-refractivity contribution in [2.24, 2.45) is 5.92 Å². The molecule has 3 rings (SSSR count). The highest BCUT2D eigenvalue weighted by molar-refractivity contribution is 9.10. The summed E-state index contributed by atoms with van der Waals surface area (Å²) < 4.78 is 6.26.